The minimum absolute atomic E-state index is 0.0990. The number of carbonyl (C=O) groups excluding carboxylic acids is 3. The first-order valence-electron chi connectivity index (χ1n) is 9.90. The molecule has 0 bridgehead atoms. The quantitative estimate of drug-likeness (QED) is 0.435. The number of hydrogen-bond acceptors (Lipinski definition) is 7. The van der Waals surface area contributed by atoms with Gasteiger partial charge in [0.15, 0.2) is 18.1 Å². The molecule has 33 heavy (non-hydrogen) atoms. The van der Waals surface area contributed by atoms with Crippen molar-refractivity contribution in [2.75, 3.05) is 13.7 Å². The highest BCUT2D eigenvalue weighted by Gasteiger charge is 2.21. The van der Waals surface area contributed by atoms with Gasteiger partial charge >= 0.3 is 5.97 Å². The number of methoxy groups -OCH3 is 1. The van der Waals surface area contributed by atoms with Gasteiger partial charge in [0, 0.05) is 11.6 Å². The fourth-order valence-electron chi connectivity index (χ4n) is 3.02. The van der Waals surface area contributed by atoms with Gasteiger partial charge < -0.3 is 13.9 Å². The summed E-state index contributed by atoms with van der Waals surface area (Å²) in [4.78, 5) is 37.1. The molecule has 1 N–H and O–H groups in total. The molecule has 2 aromatic heterocycles. The number of aromatic nitrogens is 2. The molecule has 2 heterocycles. The first-order chi connectivity index (χ1) is 16.0. The lowest BCUT2D eigenvalue weighted by molar-refractivity contribution is -0.123. The lowest BCUT2D eigenvalue weighted by atomic mass is 10.2. The largest absolute Gasteiger partial charge is 0.497 e. The van der Waals surface area contributed by atoms with Crippen LogP contribution in [0.3, 0.4) is 0 Å². The van der Waals surface area contributed by atoms with E-state index in [1.807, 2.05) is 6.07 Å². The Hall–Kier alpha value is -4.66. The van der Waals surface area contributed by atoms with Gasteiger partial charge in [-0.15, -0.1) is 0 Å². The second kappa shape index (κ2) is 9.65. The zero-order valence-electron chi connectivity index (χ0n) is 17.6. The first-order valence-corrected chi connectivity index (χ1v) is 9.90. The summed E-state index contributed by atoms with van der Waals surface area (Å²) in [5.74, 6) is -1.11. The molecule has 0 aliphatic carbocycles. The number of imide groups is 1. The summed E-state index contributed by atoms with van der Waals surface area (Å²) in [6, 6.07) is 20.1. The smallest absolute Gasteiger partial charge is 0.357 e. The monoisotopic (exact) mass is 445 g/mol. The van der Waals surface area contributed by atoms with Crippen LogP contribution in [0.4, 0.5) is 0 Å². The van der Waals surface area contributed by atoms with Crippen LogP contribution in [0.5, 0.6) is 5.75 Å². The Morgan fingerprint density at radius 2 is 1.76 bits per heavy atom. The third kappa shape index (κ3) is 4.99. The molecule has 2 aromatic carbocycles. The third-order valence-corrected chi connectivity index (χ3v) is 4.63. The van der Waals surface area contributed by atoms with Gasteiger partial charge in [0.05, 0.1) is 19.1 Å². The number of ether oxygens (including phenoxy) is 2. The summed E-state index contributed by atoms with van der Waals surface area (Å²) in [5.41, 5.74) is 1.42. The number of nitrogens with zero attached hydrogens (tertiary/aromatic N) is 2. The first kappa shape index (κ1) is 21.6. The minimum Gasteiger partial charge on any atom is -0.497 e. The molecule has 0 saturated carbocycles. The summed E-state index contributed by atoms with van der Waals surface area (Å²) in [5, 5.41) is 6.61. The van der Waals surface area contributed by atoms with Crippen molar-refractivity contribution in [3.05, 3.63) is 90.3 Å². The van der Waals surface area contributed by atoms with Gasteiger partial charge in [0.1, 0.15) is 11.4 Å². The molecular formula is C24H19N3O6. The Morgan fingerprint density at radius 1 is 1.00 bits per heavy atom. The molecule has 9 heteroatoms. The Morgan fingerprint density at radius 3 is 2.42 bits per heavy atom. The number of nitrogens with one attached hydrogen (secondary N) is 1. The molecule has 0 radical (unpaired) electrons. The Kier molecular flexibility index (Phi) is 6.31. The Balaban J connectivity index is 1.45. The molecule has 0 fully saturated rings. The van der Waals surface area contributed by atoms with Crippen LogP contribution in [0.15, 0.2) is 83.5 Å². The SMILES string of the molecule is COc1ccc(C(=O)NC(=O)COC(=O)c2cc(-c3ccco3)nn2-c2ccccc2)cc1. The van der Waals surface area contributed by atoms with E-state index in [-0.39, 0.29) is 11.3 Å². The second-order valence-electron chi connectivity index (χ2n) is 6.82. The van der Waals surface area contributed by atoms with E-state index in [4.69, 9.17) is 13.9 Å². The van der Waals surface area contributed by atoms with E-state index in [0.29, 0.717) is 22.9 Å². The fourth-order valence-corrected chi connectivity index (χ4v) is 3.02. The van der Waals surface area contributed by atoms with Crippen LogP contribution in [0, 0.1) is 0 Å². The van der Waals surface area contributed by atoms with Gasteiger partial charge in [-0.2, -0.15) is 5.10 Å². The number of carbonyl (C=O) groups is 3. The van der Waals surface area contributed by atoms with Crippen molar-refractivity contribution in [2.45, 2.75) is 0 Å². The maximum Gasteiger partial charge on any atom is 0.357 e. The summed E-state index contributed by atoms with van der Waals surface area (Å²) in [6.07, 6.45) is 1.50. The van der Waals surface area contributed by atoms with Crippen molar-refractivity contribution in [1.82, 2.24) is 15.1 Å². The molecule has 9 nitrogen and oxygen atoms in total. The minimum atomic E-state index is -0.781. The van der Waals surface area contributed by atoms with Crippen molar-refractivity contribution >= 4 is 17.8 Å². The maximum atomic E-state index is 12.8. The Labute approximate surface area is 188 Å². The number of furan rings is 1. The summed E-state index contributed by atoms with van der Waals surface area (Å²) in [6.45, 7) is -0.642. The standard InChI is InChI=1S/C24H19N3O6/c1-31-18-11-9-16(10-12-18)23(29)25-22(28)15-33-24(30)20-14-19(21-8-5-13-32-21)26-27(20)17-6-3-2-4-7-17/h2-14H,15H2,1H3,(H,25,28,29). The molecule has 2 amide bonds. The van der Waals surface area contributed by atoms with Crippen LogP contribution >= 0.6 is 0 Å². The van der Waals surface area contributed by atoms with Crippen molar-refractivity contribution in [3.8, 4) is 22.9 Å². The van der Waals surface area contributed by atoms with E-state index in [1.165, 1.54) is 36.3 Å². The molecule has 0 saturated heterocycles. The van der Waals surface area contributed by atoms with Gasteiger partial charge in [-0.1, -0.05) is 18.2 Å². The number of rotatable bonds is 7. The van der Waals surface area contributed by atoms with Gasteiger partial charge in [-0.25, -0.2) is 9.48 Å². The third-order valence-electron chi connectivity index (χ3n) is 4.63. The highest BCUT2D eigenvalue weighted by molar-refractivity contribution is 6.05. The predicted molar refractivity (Wildman–Crippen MR) is 117 cm³/mol. The number of hydrogen-bond donors (Lipinski definition) is 1. The molecule has 0 spiro atoms. The van der Waals surface area contributed by atoms with E-state index in [2.05, 4.69) is 10.4 Å². The number of para-hydroxylation sites is 1. The predicted octanol–water partition coefficient (Wildman–Crippen LogP) is 3.25. The summed E-state index contributed by atoms with van der Waals surface area (Å²) in [7, 11) is 1.51. The zero-order valence-corrected chi connectivity index (χ0v) is 17.6. The van der Waals surface area contributed by atoms with Crippen LogP contribution in [-0.4, -0.2) is 41.3 Å². The summed E-state index contributed by atoms with van der Waals surface area (Å²) < 4.78 is 16.9. The van der Waals surface area contributed by atoms with E-state index in [9.17, 15) is 14.4 Å². The van der Waals surface area contributed by atoms with E-state index in [0.717, 1.165) is 0 Å². The molecule has 0 unspecified atom stereocenters. The molecule has 0 aliphatic heterocycles. The van der Waals surface area contributed by atoms with Crippen LogP contribution in [0.25, 0.3) is 17.1 Å². The van der Waals surface area contributed by atoms with E-state index < -0.39 is 24.4 Å². The zero-order chi connectivity index (χ0) is 23.2. The highest BCUT2D eigenvalue weighted by Crippen LogP contribution is 2.22. The van der Waals surface area contributed by atoms with Crippen LogP contribution in [-0.2, 0) is 9.53 Å². The van der Waals surface area contributed by atoms with Crippen LogP contribution < -0.4 is 10.1 Å². The number of benzene rings is 2. The number of esters is 1. The van der Waals surface area contributed by atoms with E-state index in [1.54, 1.807) is 48.5 Å². The average Bonchev–Trinajstić information content (AvgIpc) is 3.53. The van der Waals surface area contributed by atoms with Crippen molar-refractivity contribution in [1.29, 1.82) is 0 Å². The molecule has 0 aliphatic rings. The average molecular weight is 445 g/mol. The Bertz CT molecular complexity index is 1260. The lowest BCUT2D eigenvalue weighted by Gasteiger charge is -2.08. The normalized spacial score (nSPS) is 10.5. The topological polar surface area (TPSA) is 113 Å². The van der Waals surface area contributed by atoms with Crippen LogP contribution in [0.1, 0.15) is 20.8 Å². The maximum absolute atomic E-state index is 12.8. The van der Waals surface area contributed by atoms with Gasteiger partial charge in [-0.05, 0) is 48.5 Å². The molecule has 166 valence electrons. The lowest BCUT2D eigenvalue weighted by Crippen LogP contribution is -2.34. The molecule has 4 rings (SSSR count). The molecule has 4 aromatic rings. The molecular weight excluding hydrogens is 426 g/mol. The van der Waals surface area contributed by atoms with Crippen molar-refractivity contribution in [3.63, 3.8) is 0 Å². The van der Waals surface area contributed by atoms with Gasteiger partial charge in [0.25, 0.3) is 11.8 Å². The number of amides is 2. The molecule has 0 atom stereocenters. The van der Waals surface area contributed by atoms with E-state index >= 15 is 0 Å². The van der Waals surface area contributed by atoms with Crippen molar-refractivity contribution < 1.29 is 28.3 Å². The fraction of sp³-hybridized carbons (Fsp3) is 0.0833. The summed E-state index contributed by atoms with van der Waals surface area (Å²) >= 11 is 0. The highest BCUT2D eigenvalue weighted by atomic mass is 16.5. The van der Waals surface area contributed by atoms with Gasteiger partial charge in [0.2, 0.25) is 0 Å². The van der Waals surface area contributed by atoms with Gasteiger partial charge in [-0.3, -0.25) is 14.9 Å². The van der Waals surface area contributed by atoms with Crippen molar-refractivity contribution in [2.24, 2.45) is 0 Å². The second-order valence-corrected chi connectivity index (χ2v) is 6.82. The van der Waals surface area contributed by atoms with Crippen LogP contribution in [0.2, 0.25) is 0 Å².